The number of aromatic nitrogens is 1. The van der Waals surface area contributed by atoms with Crippen LogP contribution in [0.25, 0.3) is 0 Å². The fraction of sp³-hybridized carbons (Fsp3) is 0.500. The maximum Gasteiger partial charge on any atom is 0.234 e. The molecule has 1 aliphatic rings. The van der Waals surface area contributed by atoms with Crippen LogP contribution in [-0.2, 0) is 11.3 Å². The molecule has 1 fully saturated rings. The summed E-state index contributed by atoms with van der Waals surface area (Å²) in [4.78, 5) is 21.3. The van der Waals surface area contributed by atoms with E-state index in [-0.39, 0.29) is 5.91 Å². The van der Waals surface area contributed by atoms with Gasteiger partial charge in [0.05, 0.1) is 20.3 Å². The van der Waals surface area contributed by atoms with Crippen molar-refractivity contribution in [2.24, 2.45) is 5.92 Å². The Balaban J connectivity index is 1.42. The zero-order chi connectivity index (χ0) is 22.1. The molecule has 0 bridgehead atoms. The summed E-state index contributed by atoms with van der Waals surface area (Å²) in [6, 6.07) is 11.8. The van der Waals surface area contributed by atoms with Crippen molar-refractivity contribution >= 4 is 11.7 Å². The molecular formula is C24H34N4O3. The molecule has 1 N–H and O–H groups in total. The molecule has 0 atom stereocenters. The zero-order valence-corrected chi connectivity index (χ0v) is 18.8. The van der Waals surface area contributed by atoms with Crippen LogP contribution < -0.4 is 19.7 Å². The minimum absolute atomic E-state index is 0.0301. The third kappa shape index (κ3) is 7.14. The second-order valence-electron chi connectivity index (χ2n) is 8.24. The van der Waals surface area contributed by atoms with Crippen LogP contribution in [0.1, 0.15) is 25.8 Å². The maximum atomic E-state index is 12.4. The molecule has 3 rings (SSSR count). The highest BCUT2D eigenvalue weighted by molar-refractivity contribution is 5.78. The minimum atomic E-state index is 0.0301. The first kappa shape index (κ1) is 22.9. The number of ether oxygens (including phenoxy) is 2. The van der Waals surface area contributed by atoms with Gasteiger partial charge in [-0.05, 0) is 42.2 Å². The molecule has 1 aliphatic heterocycles. The summed E-state index contributed by atoms with van der Waals surface area (Å²) in [5.74, 6) is 3.06. The van der Waals surface area contributed by atoms with E-state index in [0.29, 0.717) is 31.4 Å². The van der Waals surface area contributed by atoms with Crippen molar-refractivity contribution in [2.75, 3.05) is 51.3 Å². The van der Waals surface area contributed by atoms with Gasteiger partial charge in [-0.3, -0.25) is 9.69 Å². The van der Waals surface area contributed by atoms with Crippen molar-refractivity contribution in [3.05, 3.63) is 48.2 Å². The number of anilines is 1. The van der Waals surface area contributed by atoms with E-state index in [2.05, 4.69) is 33.9 Å². The van der Waals surface area contributed by atoms with E-state index >= 15 is 0 Å². The van der Waals surface area contributed by atoms with Gasteiger partial charge in [0, 0.05) is 38.9 Å². The number of nitrogens with zero attached hydrogens (tertiary/aromatic N) is 3. The average molecular weight is 427 g/mol. The van der Waals surface area contributed by atoms with Gasteiger partial charge in [-0.1, -0.05) is 26.0 Å². The lowest BCUT2D eigenvalue weighted by Gasteiger charge is -2.34. The van der Waals surface area contributed by atoms with Crippen molar-refractivity contribution in [1.82, 2.24) is 15.2 Å². The number of amides is 1. The molecule has 0 radical (unpaired) electrons. The van der Waals surface area contributed by atoms with Gasteiger partial charge in [-0.2, -0.15) is 0 Å². The molecule has 7 nitrogen and oxygen atoms in total. The number of carbonyl (C=O) groups is 1. The normalized spacial score (nSPS) is 14.5. The summed E-state index contributed by atoms with van der Waals surface area (Å²) in [7, 11) is 1.64. The zero-order valence-electron chi connectivity index (χ0n) is 18.8. The van der Waals surface area contributed by atoms with Gasteiger partial charge in [0.25, 0.3) is 0 Å². The topological polar surface area (TPSA) is 66.9 Å². The van der Waals surface area contributed by atoms with Crippen LogP contribution in [0.4, 0.5) is 5.82 Å². The third-order valence-electron chi connectivity index (χ3n) is 5.38. The monoisotopic (exact) mass is 426 g/mol. The first-order valence-electron chi connectivity index (χ1n) is 11.0. The summed E-state index contributed by atoms with van der Waals surface area (Å²) in [5.41, 5.74) is 0.987. The predicted octanol–water partition coefficient (Wildman–Crippen LogP) is 2.95. The smallest absolute Gasteiger partial charge is 0.234 e. The molecule has 1 aromatic carbocycles. The van der Waals surface area contributed by atoms with Crippen LogP contribution in [0.5, 0.6) is 11.5 Å². The molecule has 168 valence electrons. The molecule has 1 saturated heterocycles. The first-order chi connectivity index (χ1) is 15.0. The summed E-state index contributed by atoms with van der Waals surface area (Å²) >= 11 is 0. The van der Waals surface area contributed by atoms with Gasteiger partial charge in [-0.25, -0.2) is 4.98 Å². The SMILES string of the molecule is COc1cc(CNC(=O)CN2CCN(c3ccccn3)CC2)ccc1OCCC(C)C. The Morgan fingerprint density at radius 3 is 2.61 bits per heavy atom. The fourth-order valence-corrected chi connectivity index (χ4v) is 3.48. The van der Waals surface area contributed by atoms with Crippen LogP contribution in [-0.4, -0.2) is 62.2 Å². The van der Waals surface area contributed by atoms with E-state index in [1.807, 2.05) is 42.6 Å². The quantitative estimate of drug-likeness (QED) is 0.630. The second-order valence-corrected chi connectivity index (χ2v) is 8.24. The number of hydrogen-bond acceptors (Lipinski definition) is 6. The van der Waals surface area contributed by atoms with Crippen LogP contribution >= 0.6 is 0 Å². The Bertz CT molecular complexity index is 821. The van der Waals surface area contributed by atoms with Crippen LogP contribution in [0.3, 0.4) is 0 Å². The lowest BCUT2D eigenvalue weighted by molar-refractivity contribution is -0.122. The predicted molar refractivity (Wildman–Crippen MR) is 123 cm³/mol. The van der Waals surface area contributed by atoms with Gasteiger partial charge in [0.15, 0.2) is 11.5 Å². The molecule has 31 heavy (non-hydrogen) atoms. The van der Waals surface area contributed by atoms with E-state index in [1.54, 1.807) is 7.11 Å². The van der Waals surface area contributed by atoms with E-state index in [4.69, 9.17) is 9.47 Å². The molecule has 2 aromatic rings. The Morgan fingerprint density at radius 2 is 1.94 bits per heavy atom. The Hall–Kier alpha value is -2.80. The lowest BCUT2D eigenvalue weighted by Crippen LogP contribution is -2.49. The highest BCUT2D eigenvalue weighted by Crippen LogP contribution is 2.28. The molecule has 0 spiro atoms. The highest BCUT2D eigenvalue weighted by atomic mass is 16.5. The Labute approximate surface area is 185 Å². The molecule has 0 unspecified atom stereocenters. The number of benzene rings is 1. The van der Waals surface area contributed by atoms with Gasteiger partial charge in [0.1, 0.15) is 5.82 Å². The molecular weight excluding hydrogens is 392 g/mol. The third-order valence-corrected chi connectivity index (χ3v) is 5.38. The first-order valence-corrected chi connectivity index (χ1v) is 11.0. The Kier molecular flexibility index (Phi) is 8.53. The highest BCUT2D eigenvalue weighted by Gasteiger charge is 2.19. The molecule has 0 saturated carbocycles. The van der Waals surface area contributed by atoms with Crippen molar-refractivity contribution in [1.29, 1.82) is 0 Å². The van der Waals surface area contributed by atoms with Crippen molar-refractivity contribution < 1.29 is 14.3 Å². The van der Waals surface area contributed by atoms with Gasteiger partial charge < -0.3 is 19.7 Å². The van der Waals surface area contributed by atoms with E-state index < -0.39 is 0 Å². The number of hydrogen-bond donors (Lipinski definition) is 1. The van der Waals surface area contributed by atoms with E-state index in [0.717, 1.165) is 49.7 Å². The standard InChI is InChI=1S/C24H34N4O3/c1-19(2)9-15-31-21-8-7-20(16-22(21)30-3)17-26-24(29)18-27-11-13-28(14-12-27)23-6-4-5-10-25-23/h4-8,10,16,19H,9,11-15,17-18H2,1-3H3,(H,26,29). The summed E-state index contributed by atoms with van der Waals surface area (Å²) in [6.45, 7) is 9.33. The fourth-order valence-electron chi connectivity index (χ4n) is 3.48. The average Bonchev–Trinajstić information content (AvgIpc) is 2.79. The van der Waals surface area contributed by atoms with Crippen LogP contribution in [0, 0.1) is 5.92 Å². The van der Waals surface area contributed by atoms with Crippen LogP contribution in [0.15, 0.2) is 42.6 Å². The van der Waals surface area contributed by atoms with E-state index in [1.165, 1.54) is 0 Å². The molecule has 1 aromatic heterocycles. The van der Waals surface area contributed by atoms with Gasteiger partial charge >= 0.3 is 0 Å². The molecule has 2 heterocycles. The number of nitrogens with one attached hydrogen (secondary N) is 1. The molecule has 7 heteroatoms. The van der Waals surface area contributed by atoms with Gasteiger partial charge in [0.2, 0.25) is 5.91 Å². The molecule has 0 aliphatic carbocycles. The summed E-state index contributed by atoms with van der Waals surface area (Å²) < 4.78 is 11.3. The largest absolute Gasteiger partial charge is 0.493 e. The van der Waals surface area contributed by atoms with Crippen molar-refractivity contribution in [3.63, 3.8) is 0 Å². The lowest BCUT2D eigenvalue weighted by atomic mass is 10.1. The number of piperazine rings is 1. The van der Waals surface area contributed by atoms with Gasteiger partial charge in [-0.15, -0.1) is 0 Å². The number of rotatable bonds is 10. The second kappa shape index (κ2) is 11.6. The summed E-state index contributed by atoms with van der Waals surface area (Å²) in [6.07, 6.45) is 2.81. The summed E-state index contributed by atoms with van der Waals surface area (Å²) in [5, 5.41) is 3.02. The number of pyridine rings is 1. The maximum absolute atomic E-state index is 12.4. The van der Waals surface area contributed by atoms with Crippen molar-refractivity contribution in [2.45, 2.75) is 26.8 Å². The van der Waals surface area contributed by atoms with Crippen molar-refractivity contribution in [3.8, 4) is 11.5 Å². The van der Waals surface area contributed by atoms with E-state index in [9.17, 15) is 4.79 Å². The Morgan fingerprint density at radius 1 is 1.13 bits per heavy atom. The minimum Gasteiger partial charge on any atom is -0.493 e. The molecule has 1 amide bonds. The number of methoxy groups -OCH3 is 1. The van der Waals surface area contributed by atoms with Crippen LogP contribution in [0.2, 0.25) is 0 Å². The number of carbonyl (C=O) groups excluding carboxylic acids is 1.